The van der Waals surface area contributed by atoms with Gasteiger partial charge in [-0.25, -0.2) is 8.42 Å². The van der Waals surface area contributed by atoms with E-state index >= 15 is 0 Å². The number of thioether (sulfide) groups is 1. The van der Waals surface area contributed by atoms with E-state index in [2.05, 4.69) is 0 Å². The number of piperazine rings is 1. The molecule has 1 saturated heterocycles. The van der Waals surface area contributed by atoms with Gasteiger partial charge in [-0.05, 0) is 35.4 Å². The van der Waals surface area contributed by atoms with E-state index in [1.165, 1.54) is 21.2 Å². The summed E-state index contributed by atoms with van der Waals surface area (Å²) in [5, 5.41) is 1.76. The van der Waals surface area contributed by atoms with Gasteiger partial charge < -0.3 is 4.90 Å². The molecular weight excluding hydrogens is 376 g/mol. The standard InChI is InChI=1S/C17H20N2O3S3/c1-23-13-14-4-6-15(7-5-14)17(20)18-8-10-19(11-9-18)25(21,22)16-3-2-12-24-16/h2-7,12H,8-11,13H2,1H3. The van der Waals surface area contributed by atoms with Gasteiger partial charge in [0.15, 0.2) is 0 Å². The molecule has 0 radical (unpaired) electrons. The molecule has 25 heavy (non-hydrogen) atoms. The minimum absolute atomic E-state index is 0.0381. The first kappa shape index (κ1) is 18.4. The number of amides is 1. The van der Waals surface area contributed by atoms with Crippen LogP contribution in [0.5, 0.6) is 0 Å². The Morgan fingerprint density at radius 1 is 1.12 bits per heavy atom. The van der Waals surface area contributed by atoms with Crippen molar-refractivity contribution in [1.82, 2.24) is 9.21 Å². The highest BCUT2D eigenvalue weighted by Gasteiger charge is 2.30. The van der Waals surface area contributed by atoms with E-state index in [0.29, 0.717) is 36.0 Å². The third-order valence-corrected chi connectivity index (χ3v) is 8.02. The normalized spacial score (nSPS) is 16.1. The van der Waals surface area contributed by atoms with E-state index in [4.69, 9.17) is 0 Å². The molecule has 0 atom stereocenters. The second-order valence-corrected chi connectivity index (χ2v) is 9.74. The molecule has 8 heteroatoms. The van der Waals surface area contributed by atoms with Crippen molar-refractivity contribution >= 4 is 39.0 Å². The summed E-state index contributed by atoms with van der Waals surface area (Å²) >= 11 is 2.96. The van der Waals surface area contributed by atoms with Crippen LogP contribution in [0.1, 0.15) is 15.9 Å². The molecule has 0 spiro atoms. The number of sulfonamides is 1. The maximum absolute atomic E-state index is 12.6. The number of nitrogens with zero attached hydrogens (tertiary/aromatic N) is 2. The van der Waals surface area contributed by atoms with Crippen molar-refractivity contribution < 1.29 is 13.2 Å². The number of hydrogen-bond acceptors (Lipinski definition) is 5. The summed E-state index contributed by atoms with van der Waals surface area (Å²) in [7, 11) is -3.43. The fraction of sp³-hybridized carbons (Fsp3) is 0.353. The number of hydrogen-bond donors (Lipinski definition) is 0. The van der Waals surface area contributed by atoms with E-state index in [9.17, 15) is 13.2 Å². The van der Waals surface area contributed by atoms with Crippen LogP contribution in [-0.2, 0) is 15.8 Å². The minimum atomic E-state index is -3.43. The molecule has 1 aromatic heterocycles. The Hall–Kier alpha value is -1.35. The van der Waals surface area contributed by atoms with Crippen LogP contribution in [0, 0.1) is 0 Å². The minimum Gasteiger partial charge on any atom is -0.336 e. The van der Waals surface area contributed by atoms with Crippen molar-refractivity contribution in [2.24, 2.45) is 0 Å². The molecule has 134 valence electrons. The highest BCUT2D eigenvalue weighted by Crippen LogP contribution is 2.22. The zero-order valence-electron chi connectivity index (χ0n) is 13.9. The molecule has 1 aliphatic heterocycles. The summed E-state index contributed by atoms with van der Waals surface area (Å²) in [6.07, 6.45) is 2.04. The van der Waals surface area contributed by atoms with Crippen molar-refractivity contribution in [3.8, 4) is 0 Å². The molecule has 0 aliphatic carbocycles. The molecule has 1 aromatic carbocycles. The fourth-order valence-corrected chi connectivity index (χ4v) is 5.85. The first-order chi connectivity index (χ1) is 12.0. The Kier molecular flexibility index (Phi) is 5.83. The number of thiophene rings is 1. The van der Waals surface area contributed by atoms with Crippen molar-refractivity contribution in [1.29, 1.82) is 0 Å². The number of benzene rings is 1. The van der Waals surface area contributed by atoms with Gasteiger partial charge in [0.05, 0.1) is 0 Å². The Balaban J connectivity index is 1.63. The highest BCUT2D eigenvalue weighted by molar-refractivity contribution is 7.97. The van der Waals surface area contributed by atoms with E-state index in [-0.39, 0.29) is 5.91 Å². The second-order valence-electron chi connectivity index (χ2n) is 5.76. The van der Waals surface area contributed by atoms with E-state index in [0.717, 1.165) is 5.75 Å². The van der Waals surface area contributed by atoms with Crippen molar-refractivity contribution in [2.45, 2.75) is 9.96 Å². The monoisotopic (exact) mass is 396 g/mol. The van der Waals surface area contributed by atoms with Crippen LogP contribution in [-0.4, -0.2) is 56.0 Å². The molecule has 0 unspecified atom stereocenters. The fourth-order valence-electron chi connectivity index (χ4n) is 2.76. The maximum atomic E-state index is 12.6. The van der Waals surface area contributed by atoms with Gasteiger partial charge in [-0.3, -0.25) is 4.79 Å². The summed E-state index contributed by atoms with van der Waals surface area (Å²) < 4.78 is 26.9. The van der Waals surface area contributed by atoms with Gasteiger partial charge in [0.25, 0.3) is 15.9 Å². The number of carbonyl (C=O) groups is 1. The number of carbonyl (C=O) groups excluding carboxylic acids is 1. The largest absolute Gasteiger partial charge is 0.336 e. The topological polar surface area (TPSA) is 57.7 Å². The Morgan fingerprint density at radius 2 is 1.80 bits per heavy atom. The molecule has 5 nitrogen and oxygen atoms in total. The first-order valence-electron chi connectivity index (χ1n) is 7.93. The highest BCUT2D eigenvalue weighted by atomic mass is 32.2. The van der Waals surface area contributed by atoms with Crippen molar-refractivity contribution in [3.05, 3.63) is 52.9 Å². The lowest BCUT2D eigenvalue weighted by molar-refractivity contribution is 0.0698. The van der Waals surface area contributed by atoms with Gasteiger partial charge in [-0.1, -0.05) is 18.2 Å². The van der Waals surface area contributed by atoms with Crippen molar-refractivity contribution in [3.63, 3.8) is 0 Å². The summed E-state index contributed by atoms with van der Waals surface area (Å²) in [5.74, 6) is 0.886. The smallest absolute Gasteiger partial charge is 0.253 e. The molecule has 0 N–H and O–H groups in total. The van der Waals surface area contributed by atoms with Gasteiger partial charge in [-0.15, -0.1) is 11.3 Å². The predicted octanol–water partition coefficient (Wildman–Crippen LogP) is 2.76. The lowest BCUT2D eigenvalue weighted by Gasteiger charge is -2.33. The van der Waals surface area contributed by atoms with Gasteiger partial charge in [-0.2, -0.15) is 16.1 Å². The summed E-state index contributed by atoms with van der Waals surface area (Å²) in [6.45, 7) is 1.49. The average molecular weight is 397 g/mol. The van der Waals surface area contributed by atoms with Gasteiger partial charge in [0, 0.05) is 37.5 Å². The van der Waals surface area contributed by atoms with E-state index in [1.807, 2.05) is 30.5 Å². The first-order valence-corrected chi connectivity index (χ1v) is 11.6. The van der Waals surface area contributed by atoms with E-state index < -0.39 is 10.0 Å². The van der Waals surface area contributed by atoms with Crippen LogP contribution in [0.15, 0.2) is 46.0 Å². The zero-order chi connectivity index (χ0) is 17.9. The van der Waals surface area contributed by atoms with Gasteiger partial charge in [0.1, 0.15) is 4.21 Å². The molecule has 1 amide bonds. The molecule has 0 saturated carbocycles. The second kappa shape index (κ2) is 7.90. The molecule has 3 rings (SSSR count). The summed E-state index contributed by atoms with van der Waals surface area (Å²) in [4.78, 5) is 14.3. The molecule has 2 heterocycles. The lowest BCUT2D eigenvalue weighted by Crippen LogP contribution is -2.50. The molecule has 1 aliphatic rings. The molecule has 1 fully saturated rings. The summed E-state index contributed by atoms with van der Waals surface area (Å²) in [6, 6.07) is 11.0. The SMILES string of the molecule is CSCc1ccc(C(=O)N2CCN(S(=O)(=O)c3cccs3)CC2)cc1. The quantitative estimate of drug-likeness (QED) is 0.780. The average Bonchev–Trinajstić information content (AvgIpc) is 3.18. The zero-order valence-corrected chi connectivity index (χ0v) is 16.4. The van der Waals surface area contributed by atoms with Gasteiger partial charge in [0.2, 0.25) is 0 Å². The molecular formula is C17H20N2O3S3. The number of rotatable bonds is 5. The summed E-state index contributed by atoms with van der Waals surface area (Å²) in [5.41, 5.74) is 1.84. The molecule has 2 aromatic rings. The van der Waals surface area contributed by atoms with E-state index in [1.54, 1.807) is 34.2 Å². The third kappa shape index (κ3) is 4.08. The predicted molar refractivity (Wildman–Crippen MR) is 103 cm³/mol. The maximum Gasteiger partial charge on any atom is 0.253 e. The van der Waals surface area contributed by atoms with Crippen LogP contribution in [0.3, 0.4) is 0 Å². The Morgan fingerprint density at radius 3 is 2.36 bits per heavy atom. The lowest BCUT2D eigenvalue weighted by atomic mass is 10.1. The molecule has 0 bridgehead atoms. The third-order valence-electron chi connectivity index (χ3n) is 4.13. The van der Waals surface area contributed by atoms with Crippen LogP contribution < -0.4 is 0 Å². The van der Waals surface area contributed by atoms with Crippen LogP contribution in [0.25, 0.3) is 0 Å². The van der Waals surface area contributed by atoms with Crippen LogP contribution >= 0.6 is 23.1 Å². The van der Waals surface area contributed by atoms with Crippen LogP contribution in [0.2, 0.25) is 0 Å². The van der Waals surface area contributed by atoms with Crippen molar-refractivity contribution in [2.75, 3.05) is 32.4 Å². The Labute approximate surface area is 156 Å². The Bertz CT molecular complexity index is 809. The van der Waals surface area contributed by atoms with Gasteiger partial charge >= 0.3 is 0 Å². The van der Waals surface area contributed by atoms with Crippen LogP contribution in [0.4, 0.5) is 0 Å².